The van der Waals surface area contributed by atoms with Gasteiger partial charge in [0.05, 0.1) is 6.54 Å². The molecule has 0 radical (unpaired) electrons. The number of nitrogens with zero attached hydrogens (tertiary/aromatic N) is 2. The molecular weight excluding hydrogens is 162 g/mol. The molecule has 1 aromatic rings. The van der Waals surface area contributed by atoms with Gasteiger partial charge < -0.3 is 10.6 Å². The molecule has 0 atom stereocenters. The van der Waals surface area contributed by atoms with Gasteiger partial charge in [0.15, 0.2) is 5.13 Å². The van der Waals surface area contributed by atoms with Crippen LogP contribution in [0.25, 0.3) is 0 Å². The summed E-state index contributed by atoms with van der Waals surface area (Å²) < 4.78 is 0. The van der Waals surface area contributed by atoms with Gasteiger partial charge in [-0.1, -0.05) is 0 Å². The maximum Gasteiger partial charge on any atom is 0.237 e. The Hall–Kier alpha value is -1.10. The summed E-state index contributed by atoms with van der Waals surface area (Å²) in [6.45, 7) is 0.216. The fourth-order valence-electron chi connectivity index (χ4n) is 0.706. The van der Waals surface area contributed by atoms with Crippen molar-refractivity contribution in [1.29, 1.82) is 0 Å². The number of thiazole rings is 1. The quantitative estimate of drug-likeness (QED) is 0.699. The average molecular weight is 171 g/mol. The van der Waals surface area contributed by atoms with Gasteiger partial charge in [0, 0.05) is 18.6 Å². The number of anilines is 1. The van der Waals surface area contributed by atoms with Gasteiger partial charge in [-0.2, -0.15) is 0 Å². The van der Waals surface area contributed by atoms with Crippen LogP contribution in [0.1, 0.15) is 0 Å². The normalized spacial score (nSPS) is 9.55. The number of aromatic nitrogens is 1. The second kappa shape index (κ2) is 3.34. The van der Waals surface area contributed by atoms with Crippen molar-refractivity contribution >= 4 is 22.4 Å². The zero-order chi connectivity index (χ0) is 8.27. The van der Waals surface area contributed by atoms with Crippen LogP contribution in [-0.2, 0) is 4.79 Å². The van der Waals surface area contributed by atoms with E-state index in [1.807, 2.05) is 5.38 Å². The van der Waals surface area contributed by atoms with E-state index < -0.39 is 0 Å². The first-order valence-electron chi connectivity index (χ1n) is 3.09. The first kappa shape index (κ1) is 8.00. The van der Waals surface area contributed by atoms with E-state index >= 15 is 0 Å². The Morgan fingerprint density at radius 3 is 3.09 bits per heavy atom. The van der Waals surface area contributed by atoms with E-state index in [0.29, 0.717) is 0 Å². The highest BCUT2D eigenvalue weighted by Crippen LogP contribution is 2.14. The van der Waals surface area contributed by atoms with Gasteiger partial charge in [-0.15, -0.1) is 11.3 Å². The van der Waals surface area contributed by atoms with Crippen LogP contribution in [0.3, 0.4) is 0 Å². The Labute approximate surface area is 68.6 Å². The van der Waals surface area contributed by atoms with E-state index in [4.69, 9.17) is 5.73 Å². The highest BCUT2D eigenvalue weighted by Gasteiger charge is 2.04. The minimum Gasteiger partial charge on any atom is -0.368 e. The van der Waals surface area contributed by atoms with Crippen molar-refractivity contribution in [2.24, 2.45) is 5.73 Å². The van der Waals surface area contributed by atoms with Crippen molar-refractivity contribution < 1.29 is 4.79 Å². The molecule has 5 heteroatoms. The molecule has 0 aromatic carbocycles. The van der Waals surface area contributed by atoms with E-state index in [1.54, 1.807) is 18.1 Å². The van der Waals surface area contributed by atoms with Gasteiger partial charge in [-0.25, -0.2) is 4.98 Å². The monoisotopic (exact) mass is 171 g/mol. The smallest absolute Gasteiger partial charge is 0.237 e. The molecule has 0 aliphatic rings. The Bertz CT molecular complexity index is 234. The van der Waals surface area contributed by atoms with Crippen molar-refractivity contribution in [3.63, 3.8) is 0 Å². The van der Waals surface area contributed by atoms with E-state index in [0.717, 1.165) is 5.13 Å². The molecule has 1 rings (SSSR count). The van der Waals surface area contributed by atoms with Gasteiger partial charge in [0.2, 0.25) is 5.91 Å². The number of carbonyl (C=O) groups is 1. The summed E-state index contributed by atoms with van der Waals surface area (Å²) >= 11 is 1.48. The van der Waals surface area contributed by atoms with Gasteiger partial charge in [0.1, 0.15) is 0 Å². The van der Waals surface area contributed by atoms with Gasteiger partial charge in [-0.3, -0.25) is 4.79 Å². The maximum absolute atomic E-state index is 10.5. The number of nitrogens with two attached hydrogens (primary N) is 1. The van der Waals surface area contributed by atoms with E-state index in [1.165, 1.54) is 11.3 Å². The minimum atomic E-state index is -0.345. The third-order valence-corrected chi connectivity index (χ3v) is 2.02. The van der Waals surface area contributed by atoms with Crippen molar-refractivity contribution in [2.45, 2.75) is 0 Å². The molecule has 0 aliphatic heterocycles. The van der Waals surface area contributed by atoms with Crippen molar-refractivity contribution in [2.75, 3.05) is 18.5 Å². The lowest BCUT2D eigenvalue weighted by atomic mass is 10.6. The fourth-order valence-corrected chi connectivity index (χ4v) is 1.32. The predicted molar refractivity (Wildman–Crippen MR) is 44.6 cm³/mol. The Morgan fingerprint density at radius 1 is 1.91 bits per heavy atom. The Balaban J connectivity index is 2.56. The highest BCUT2D eigenvalue weighted by atomic mass is 32.1. The summed E-state index contributed by atoms with van der Waals surface area (Å²) in [4.78, 5) is 16.2. The molecule has 0 unspecified atom stereocenters. The van der Waals surface area contributed by atoms with E-state index in [2.05, 4.69) is 4.98 Å². The summed E-state index contributed by atoms with van der Waals surface area (Å²) in [7, 11) is 1.78. The molecule has 0 saturated heterocycles. The van der Waals surface area contributed by atoms with Crippen LogP contribution in [0.2, 0.25) is 0 Å². The molecule has 0 saturated carbocycles. The predicted octanol–water partition coefficient (Wildman–Crippen LogP) is 0.0646. The fraction of sp³-hybridized carbons (Fsp3) is 0.333. The summed E-state index contributed by atoms with van der Waals surface area (Å²) in [6, 6.07) is 0. The molecule has 0 aliphatic carbocycles. The van der Waals surface area contributed by atoms with Crippen LogP contribution in [0.4, 0.5) is 5.13 Å². The largest absolute Gasteiger partial charge is 0.368 e. The standard InChI is InChI=1S/C6H9N3OS/c1-9(4-5(7)10)6-8-2-3-11-6/h2-3H,4H2,1H3,(H2,7,10). The first-order chi connectivity index (χ1) is 5.20. The van der Waals surface area contributed by atoms with E-state index in [-0.39, 0.29) is 12.5 Å². The van der Waals surface area contributed by atoms with Crippen LogP contribution in [-0.4, -0.2) is 24.5 Å². The molecule has 0 fully saturated rings. The SMILES string of the molecule is CN(CC(N)=O)c1nccs1. The van der Waals surface area contributed by atoms with Gasteiger partial charge >= 0.3 is 0 Å². The summed E-state index contributed by atoms with van der Waals surface area (Å²) in [5.41, 5.74) is 5.00. The second-order valence-electron chi connectivity index (χ2n) is 2.14. The zero-order valence-electron chi connectivity index (χ0n) is 6.15. The Morgan fingerprint density at radius 2 is 2.64 bits per heavy atom. The number of primary amides is 1. The van der Waals surface area contributed by atoms with Crippen LogP contribution in [0.5, 0.6) is 0 Å². The average Bonchev–Trinajstić information content (AvgIpc) is 2.35. The summed E-state index contributed by atoms with van der Waals surface area (Å²) in [5.74, 6) is -0.345. The lowest BCUT2D eigenvalue weighted by Crippen LogP contribution is -2.30. The summed E-state index contributed by atoms with van der Waals surface area (Å²) in [6.07, 6.45) is 1.69. The molecule has 11 heavy (non-hydrogen) atoms. The van der Waals surface area contributed by atoms with Crippen molar-refractivity contribution in [3.05, 3.63) is 11.6 Å². The van der Waals surface area contributed by atoms with Gasteiger partial charge in [0.25, 0.3) is 0 Å². The lowest BCUT2D eigenvalue weighted by molar-refractivity contribution is -0.116. The molecule has 1 heterocycles. The molecule has 60 valence electrons. The zero-order valence-corrected chi connectivity index (χ0v) is 6.97. The molecule has 4 nitrogen and oxygen atoms in total. The van der Waals surface area contributed by atoms with E-state index in [9.17, 15) is 4.79 Å². The van der Waals surface area contributed by atoms with Gasteiger partial charge in [-0.05, 0) is 0 Å². The molecule has 1 aromatic heterocycles. The van der Waals surface area contributed by atoms with Crippen molar-refractivity contribution in [3.8, 4) is 0 Å². The molecule has 0 spiro atoms. The molecule has 2 N–H and O–H groups in total. The summed E-state index contributed by atoms with van der Waals surface area (Å²) in [5, 5.41) is 2.66. The van der Waals surface area contributed by atoms with Crippen LogP contribution in [0.15, 0.2) is 11.6 Å². The third kappa shape index (κ3) is 2.19. The van der Waals surface area contributed by atoms with Crippen LogP contribution in [0, 0.1) is 0 Å². The third-order valence-electron chi connectivity index (χ3n) is 1.14. The second-order valence-corrected chi connectivity index (χ2v) is 3.01. The Kier molecular flexibility index (Phi) is 2.43. The van der Waals surface area contributed by atoms with Crippen molar-refractivity contribution in [1.82, 2.24) is 4.98 Å². The number of hydrogen-bond acceptors (Lipinski definition) is 4. The first-order valence-corrected chi connectivity index (χ1v) is 3.97. The number of likely N-dealkylation sites (N-methyl/N-ethyl adjacent to an activating group) is 1. The number of hydrogen-bond donors (Lipinski definition) is 1. The number of carbonyl (C=O) groups excluding carboxylic acids is 1. The number of rotatable bonds is 3. The molecule has 0 bridgehead atoms. The minimum absolute atomic E-state index is 0.216. The number of amides is 1. The highest BCUT2D eigenvalue weighted by molar-refractivity contribution is 7.13. The topological polar surface area (TPSA) is 59.2 Å². The molecule has 1 amide bonds. The van der Waals surface area contributed by atoms with Crippen LogP contribution < -0.4 is 10.6 Å². The maximum atomic E-state index is 10.5. The molecular formula is C6H9N3OS. The lowest BCUT2D eigenvalue weighted by Gasteiger charge is -2.11. The van der Waals surface area contributed by atoms with Crippen LogP contribution >= 0.6 is 11.3 Å².